The number of aromatic nitrogens is 4. The van der Waals surface area contributed by atoms with E-state index in [9.17, 15) is 34.7 Å². The van der Waals surface area contributed by atoms with E-state index in [-0.39, 0.29) is 39.6 Å². The van der Waals surface area contributed by atoms with Crippen molar-refractivity contribution in [2.24, 2.45) is 0 Å². The Labute approximate surface area is 329 Å². The Morgan fingerprint density at radius 1 is 0.796 bits per heavy atom. The van der Waals surface area contributed by atoms with Crippen molar-refractivity contribution >= 4 is 83.4 Å². The Morgan fingerprint density at radius 3 is 1.72 bits per heavy atom. The number of likely N-dealkylation sites (N-methyl/N-ethyl adjacent to an activating group) is 1. The molecule has 5 N–H and O–H groups in total. The van der Waals surface area contributed by atoms with Crippen molar-refractivity contribution < 1.29 is 19.2 Å². The number of nitrogens with two attached hydrogens (primary N) is 1. The van der Waals surface area contributed by atoms with E-state index in [2.05, 4.69) is 79.1 Å². The van der Waals surface area contributed by atoms with Gasteiger partial charge in [0.2, 0.25) is 0 Å². The van der Waals surface area contributed by atoms with E-state index in [1.165, 1.54) is 43.9 Å². The first-order valence-corrected chi connectivity index (χ1v) is 17.5. The lowest BCUT2D eigenvalue weighted by atomic mass is 10.2. The third-order valence-corrected chi connectivity index (χ3v) is 8.09. The van der Waals surface area contributed by atoms with Crippen molar-refractivity contribution in [3.05, 3.63) is 96.3 Å². The molecule has 2 aromatic heterocycles. The summed E-state index contributed by atoms with van der Waals surface area (Å²) in [7, 11) is 0. The van der Waals surface area contributed by atoms with Crippen molar-refractivity contribution in [3.63, 3.8) is 0 Å². The summed E-state index contributed by atoms with van der Waals surface area (Å²) in [5.41, 5.74) is 6.28. The molecule has 0 aliphatic rings. The van der Waals surface area contributed by atoms with Gasteiger partial charge in [0.1, 0.15) is 11.9 Å². The Balaban J connectivity index is 0.000000377. The number of nitrogens with zero attached hydrogens (tertiary/aromatic N) is 8. The van der Waals surface area contributed by atoms with Gasteiger partial charge in [0.15, 0.2) is 11.6 Å². The molecule has 2 heterocycles. The zero-order valence-corrected chi connectivity index (χ0v) is 33.4. The second kappa shape index (κ2) is 24.1. The summed E-state index contributed by atoms with van der Waals surface area (Å²) < 4.78 is 12.7. The number of nitro benzene ring substituents is 3. The Morgan fingerprint density at radius 2 is 1.26 bits per heavy atom. The van der Waals surface area contributed by atoms with Crippen LogP contribution in [0.15, 0.2) is 54.6 Å². The molecule has 0 saturated heterocycles. The molecule has 5 aromatic rings. The minimum Gasteiger partial charge on any atom is -0.382 e. The lowest BCUT2D eigenvalue weighted by molar-refractivity contribution is -0.385. The summed E-state index contributed by atoms with van der Waals surface area (Å²) in [6.45, 7) is 15.9. The summed E-state index contributed by atoms with van der Waals surface area (Å²) in [6, 6.07) is 13.5. The SMILES string of the molecule is Br.CCN(CC)CCBr.CCN(CC)CCNc1n[nH]c2cc([N+](=O)[O-])ccc12.N#Cc1ccc([N+](=O)[O-])cc1F.Nc1n[nH]c2cc([N+](=O)[O-])ccc12. The molecule has 5 rings (SSSR count). The van der Waals surface area contributed by atoms with Gasteiger partial charge in [-0.2, -0.15) is 15.5 Å². The summed E-state index contributed by atoms with van der Waals surface area (Å²) in [4.78, 5) is 34.3. The molecular formula is C33H43Br2FN12O6. The second-order valence-corrected chi connectivity index (χ2v) is 11.7. The molecule has 0 amide bonds. The number of halogens is 3. The van der Waals surface area contributed by atoms with Crippen LogP contribution in [0.4, 0.5) is 33.1 Å². The number of hydrogen-bond acceptors (Lipinski definition) is 13. The Hall–Kier alpha value is -5.30. The molecule has 0 radical (unpaired) electrons. The molecule has 0 unspecified atom stereocenters. The number of fused-ring (bicyclic) bond motifs is 2. The quantitative estimate of drug-likeness (QED) is 0.0520. The number of nitro groups is 3. The van der Waals surface area contributed by atoms with Crippen LogP contribution >= 0.6 is 32.9 Å². The number of aromatic amines is 2. The maximum Gasteiger partial charge on any atom is 0.272 e. The predicted octanol–water partition coefficient (Wildman–Crippen LogP) is 7.18. The zero-order chi connectivity index (χ0) is 39.5. The molecule has 292 valence electrons. The van der Waals surface area contributed by atoms with Crippen LogP contribution in [0.1, 0.15) is 33.3 Å². The van der Waals surface area contributed by atoms with E-state index in [4.69, 9.17) is 11.0 Å². The first kappa shape index (κ1) is 46.7. The van der Waals surface area contributed by atoms with Crippen molar-refractivity contribution in [2.75, 3.05) is 62.2 Å². The normalized spacial score (nSPS) is 10.2. The van der Waals surface area contributed by atoms with Gasteiger partial charge in [-0.15, -0.1) is 17.0 Å². The topological polar surface area (TPSA) is 255 Å². The van der Waals surface area contributed by atoms with Crippen molar-refractivity contribution in [3.8, 4) is 6.07 Å². The molecule has 54 heavy (non-hydrogen) atoms. The second-order valence-electron chi connectivity index (χ2n) is 10.9. The smallest absolute Gasteiger partial charge is 0.272 e. The van der Waals surface area contributed by atoms with Crippen LogP contribution in [0.3, 0.4) is 0 Å². The van der Waals surface area contributed by atoms with E-state index >= 15 is 0 Å². The van der Waals surface area contributed by atoms with Crippen LogP contribution in [0.5, 0.6) is 0 Å². The Bertz CT molecular complexity index is 2000. The van der Waals surface area contributed by atoms with Gasteiger partial charge in [0.25, 0.3) is 17.1 Å². The van der Waals surface area contributed by atoms with Gasteiger partial charge in [-0.3, -0.25) is 40.5 Å². The monoisotopic (exact) mass is 880 g/mol. The summed E-state index contributed by atoms with van der Waals surface area (Å²) in [5, 5.41) is 58.7. The van der Waals surface area contributed by atoms with Gasteiger partial charge in [0, 0.05) is 66.1 Å². The number of H-pyrrole nitrogens is 2. The van der Waals surface area contributed by atoms with E-state index in [1.807, 2.05) is 0 Å². The van der Waals surface area contributed by atoms with Crippen LogP contribution in [0.25, 0.3) is 21.8 Å². The van der Waals surface area contributed by atoms with E-state index in [1.54, 1.807) is 18.2 Å². The van der Waals surface area contributed by atoms with Crippen LogP contribution in [-0.2, 0) is 0 Å². The largest absolute Gasteiger partial charge is 0.382 e. The third kappa shape index (κ3) is 14.3. The number of anilines is 2. The molecule has 3 aromatic carbocycles. The fraction of sp³-hybridized carbons (Fsp3) is 0.364. The number of nitrogen functional groups attached to an aromatic ring is 1. The molecule has 0 aliphatic heterocycles. The van der Waals surface area contributed by atoms with E-state index in [0.29, 0.717) is 22.2 Å². The highest BCUT2D eigenvalue weighted by Crippen LogP contribution is 2.25. The molecule has 0 saturated carbocycles. The first-order chi connectivity index (χ1) is 25.3. The first-order valence-electron chi connectivity index (χ1n) is 16.4. The fourth-order valence-corrected chi connectivity index (χ4v) is 5.14. The van der Waals surface area contributed by atoms with Gasteiger partial charge in [-0.1, -0.05) is 43.6 Å². The number of benzene rings is 3. The standard InChI is InChI=1S/C13H19N5O2.C7H3FN2O2.C7H6N4O2.C6H14BrN.BrH/c1-3-17(4-2)8-7-14-13-11-6-5-10(18(19)20)9-12(11)15-16-13;8-7-3-6(10(11)12)2-1-5(7)4-9;8-7-5-2-1-4(11(12)13)3-6(5)9-10-7;1-3-8(4-2)6-5-7;/h5-6,9H,3-4,7-8H2,1-2H3,(H2,14,15,16);1-3H;1-3H,(H3,8,9,10);3-6H2,1-2H3;1H. The number of rotatable bonds is 13. The van der Waals surface area contributed by atoms with Gasteiger partial charge in [0.05, 0.1) is 37.4 Å². The molecule has 0 aliphatic carbocycles. The number of nitriles is 1. The number of alkyl halides is 1. The summed E-state index contributed by atoms with van der Waals surface area (Å²) in [5.74, 6) is 0.221. The van der Waals surface area contributed by atoms with Crippen LogP contribution in [-0.4, -0.2) is 96.1 Å². The highest BCUT2D eigenvalue weighted by atomic mass is 79.9. The summed E-state index contributed by atoms with van der Waals surface area (Å²) in [6.07, 6.45) is 0. The average molecular weight is 883 g/mol. The lowest BCUT2D eigenvalue weighted by Gasteiger charge is -2.17. The number of hydrogen-bond donors (Lipinski definition) is 4. The number of nitrogens with one attached hydrogen (secondary N) is 3. The van der Waals surface area contributed by atoms with Crippen molar-refractivity contribution in [2.45, 2.75) is 27.7 Å². The third-order valence-electron chi connectivity index (χ3n) is 7.74. The summed E-state index contributed by atoms with van der Waals surface area (Å²) >= 11 is 3.39. The highest BCUT2D eigenvalue weighted by Gasteiger charge is 2.12. The van der Waals surface area contributed by atoms with Crippen LogP contribution < -0.4 is 11.1 Å². The van der Waals surface area contributed by atoms with Gasteiger partial charge in [-0.25, -0.2) is 4.39 Å². The molecule has 0 bridgehead atoms. The van der Waals surface area contributed by atoms with Gasteiger partial charge in [-0.05, 0) is 44.4 Å². The predicted molar refractivity (Wildman–Crippen MR) is 216 cm³/mol. The molecule has 18 nitrogen and oxygen atoms in total. The maximum absolute atomic E-state index is 12.7. The van der Waals surface area contributed by atoms with Gasteiger partial charge >= 0.3 is 0 Å². The zero-order valence-electron chi connectivity index (χ0n) is 30.1. The molecule has 0 spiro atoms. The van der Waals surface area contributed by atoms with E-state index in [0.717, 1.165) is 60.9 Å². The van der Waals surface area contributed by atoms with Gasteiger partial charge < -0.3 is 20.9 Å². The van der Waals surface area contributed by atoms with Crippen molar-refractivity contribution in [1.82, 2.24) is 30.2 Å². The fourth-order valence-electron chi connectivity index (χ4n) is 4.64. The van der Waals surface area contributed by atoms with Crippen LogP contribution in [0.2, 0.25) is 0 Å². The average Bonchev–Trinajstić information content (AvgIpc) is 3.75. The Kier molecular flexibility index (Phi) is 20.9. The molecule has 0 atom stereocenters. The maximum atomic E-state index is 12.7. The molecular weight excluding hydrogens is 839 g/mol. The minimum atomic E-state index is -0.869. The van der Waals surface area contributed by atoms with Crippen LogP contribution in [0, 0.1) is 47.5 Å². The molecule has 21 heteroatoms. The minimum absolute atomic E-state index is 0. The molecule has 0 fully saturated rings. The number of non-ortho nitro benzene ring substituents is 3. The lowest BCUT2D eigenvalue weighted by Crippen LogP contribution is -2.28. The highest BCUT2D eigenvalue weighted by molar-refractivity contribution is 9.09. The van der Waals surface area contributed by atoms with Crippen molar-refractivity contribution in [1.29, 1.82) is 5.26 Å². The van der Waals surface area contributed by atoms with E-state index < -0.39 is 20.6 Å².